The van der Waals surface area contributed by atoms with Gasteiger partial charge in [-0.2, -0.15) is 0 Å². The number of unbranched alkanes of at least 4 members (excludes halogenated alkanes) is 4. The number of hydrogen-bond donors (Lipinski definition) is 13. The van der Waals surface area contributed by atoms with Crippen LogP contribution in [0.5, 0.6) is 0 Å². The maximum Gasteiger partial charge on any atom is 0.487 e. The number of benzene rings is 6. The molecule has 145 heavy (non-hydrogen) atoms. The van der Waals surface area contributed by atoms with Crippen LogP contribution in [0.15, 0.2) is 182 Å². The highest BCUT2D eigenvalue weighted by molar-refractivity contribution is 6.94. The first-order valence-electron chi connectivity index (χ1n) is 52.1. The predicted octanol–water partition coefficient (Wildman–Crippen LogP) is 13.2. The summed E-state index contributed by atoms with van der Waals surface area (Å²) in [6.07, 6.45) is 6.25. The van der Waals surface area contributed by atoms with Crippen LogP contribution in [0.3, 0.4) is 0 Å². The van der Waals surface area contributed by atoms with Crippen molar-refractivity contribution in [1.29, 1.82) is 0 Å². The van der Waals surface area contributed by atoms with Crippen molar-refractivity contribution in [2.24, 2.45) is 11.8 Å². The molecular formula is C104H196O29Si12. The molecule has 41 heteroatoms. The Hall–Kier alpha value is -3.24. The molecule has 0 heterocycles. The first kappa shape index (κ1) is 140. The molecule has 834 valence electrons. The summed E-state index contributed by atoms with van der Waals surface area (Å²) in [6.45, 7) is 42.2. The summed E-state index contributed by atoms with van der Waals surface area (Å²) in [6, 6.07) is 69.0. The smallest absolute Gasteiger partial charge is 0.432 e. The van der Waals surface area contributed by atoms with Gasteiger partial charge in [0.2, 0.25) is 49.9 Å². The molecule has 6 aromatic rings. The van der Waals surface area contributed by atoms with E-state index in [2.05, 4.69) is 198 Å². The van der Waals surface area contributed by atoms with Gasteiger partial charge in [0.25, 0.3) is 0 Å². The highest BCUT2D eigenvalue weighted by Crippen LogP contribution is 2.34. The van der Waals surface area contributed by atoms with E-state index in [0.29, 0.717) is 62.8 Å². The summed E-state index contributed by atoms with van der Waals surface area (Å²) < 4.78 is 95.9. The van der Waals surface area contributed by atoms with E-state index in [1.54, 1.807) is 35.5 Å². The lowest BCUT2D eigenvalue weighted by Gasteiger charge is -2.38. The van der Waals surface area contributed by atoms with Gasteiger partial charge in [0.15, 0.2) is 0 Å². The van der Waals surface area contributed by atoms with Crippen LogP contribution in [0.1, 0.15) is 112 Å². The summed E-state index contributed by atoms with van der Waals surface area (Å²) in [7, 11) is -17.9. The summed E-state index contributed by atoms with van der Waals surface area (Å²) in [4.78, 5) is 10.7. The van der Waals surface area contributed by atoms with Crippen LogP contribution in [-0.4, -0.2) is 339 Å². The zero-order valence-corrected chi connectivity index (χ0v) is 105. The third kappa shape index (κ3) is 57.7. The third-order valence-electron chi connectivity index (χ3n) is 25.3. The number of ether oxygens (including phenoxy) is 4. The fourth-order valence-corrected chi connectivity index (χ4v) is 64.0. The first-order valence-corrected chi connectivity index (χ1v) is 82.9. The number of aliphatic hydroxyl groups excluding tert-OH is 12. The minimum atomic E-state index is -3.26. The molecule has 0 fully saturated rings. The van der Waals surface area contributed by atoms with Gasteiger partial charge in [0.1, 0.15) is 24.4 Å². The van der Waals surface area contributed by atoms with E-state index >= 15 is 0 Å². The molecular weight excluding hydrogens is 2050 g/mol. The molecule has 0 aromatic heterocycles. The van der Waals surface area contributed by atoms with Crippen molar-refractivity contribution < 1.29 is 136 Å². The Morgan fingerprint density at radius 1 is 0.262 bits per heavy atom. The number of hydrogen-bond acceptors (Lipinski definition) is 29. The van der Waals surface area contributed by atoms with E-state index in [0.717, 1.165) is 92.4 Å². The van der Waals surface area contributed by atoms with Gasteiger partial charge >= 0.3 is 51.6 Å². The summed E-state index contributed by atoms with van der Waals surface area (Å²) in [5, 5.41) is 118. The normalized spacial score (nSPS) is 16.2. The minimum absolute atomic E-state index is 0.0780. The lowest BCUT2D eigenvalue weighted by molar-refractivity contribution is 0.00582. The van der Waals surface area contributed by atoms with E-state index in [1.807, 2.05) is 110 Å². The van der Waals surface area contributed by atoms with Crippen molar-refractivity contribution >= 4 is 133 Å². The second kappa shape index (κ2) is 74.8. The Kier molecular flexibility index (Phi) is 72.1. The largest absolute Gasteiger partial charge is 0.487 e. The first-order chi connectivity index (χ1) is 68.5. The summed E-state index contributed by atoms with van der Waals surface area (Å²) in [5.41, 5.74) is 0. The number of rotatable bonds is 71. The van der Waals surface area contributed by atoms with Crippen LogP contribution in [0, 0.1) is 11.8 Å². The predicted molar refractivity (Wildman–Crippen MR) is 614 cm³/mol. The third-order valence-corrected chi connectivity index (χ3v) is 72.7. The molecule has 13 unspecified atom stereocenters. The molecule has 0 bridgehead atoms. The fourth-order valence-electron chi connectivity index (χ4n) is 16.4. The Labute approximate surface area is 886 Å². The van der Waals surface area contributed by atoms with Crippen molar-refractivity contribution in [3.8, 4) is 0 Å². The zero-order valence-electron chi connectivity index (χ0n) is 93.0. The Morgan fingerprint density at radius 2 is 0.517 bits per heavy atom. The average molecular weight is 2250 g/mol. The maximum atomic E-state index is 10.7. The Morgan fingerprint density at radius 3 is 0.786 bits per heavy atom. The quantitative estimate of drug-likeness (QED) is 0.0125. The van der Waals surface area contributed by atoms with Crippen LogP contribution in [0.25, 0.3) is 0 Å². The van der Waals surface area contributed by atoms with E-state index < -0.39 is 138 Å². The molecule has 29 nitrogen and oxygen atoms in total. The van der Waals surface area contributed by atoms with Crippen LogP contribution in [0.2, 0.25) is 146 Å². The van der Waals surface area contributed by atoms with Gasteiger partial charge in [-0.1, -0.05) is 262 Å². The molecule has 13 N–H and O–H groups in total. The Balaban J connectivity index is 0.000000870. The van der Waals surface area contributed by atoms with Crippen LogP contribution in [0.4, 0.5) is 0 Å². The van der Waals surface area contributed by atoms with Gasteiger partial charge < -0.3 is 136 Å². The van der Waals surface area contributed by atoms with Gasteiger partial charge in [-0.05, 0) is 202 Å². The van der Waals surface area contributed by atoms with E-state index in [9.17, 15) is 45.6 Å². The van der Waals surface area contributed by atoms with Gasteiger partial charge in [-0.3, -0.25) is 0 Å². The molecule has 0 saturated heterocycles. The van der Waals surface area contributed by atoms with Crippen LogP contribution >= 0.6 is 0 Å². The van der Waals surface area contributed by atoms with Gasteiger partial charge in [0.05, 0.1) is 78.3 Å². The lowest BCUT2D eigenvalue weighted by Crippen LogP contribution is -2.57. The average Bonchev–Trinajstić information content (AvgIpc) is 0.852. The van der Waals surface area contributed by atoms with Crippen LogP contribution < -0.4 is 31.1 Å². The summed E-state index contributed by atoms with van der Waals surface area (Å²) in [5.74, 6) is 1.10. The van der Waals surface area contributed by atoms with Crippen molar-refractivity contribution in [2.75, 3.05) is 135 Å². The molecule has 0 aliphatic rings. The highest BCUT2D eigenvalue weighted by Gasteiger charge is 2.49. The van der Waals surface area contributed by atoms with Gasteiger partial charge in [-0.25, -0.2) is 0 Å². The lowest BCUT2D eigenvalue weighted by atomic mass is 10.1. The molecule has 6 aromatic carbocycles. The summed E-state index contributed by atoms with van der Waals surface area (Å²) >= 11 is 0. The molecule has 0 saturated carbocycles. The molecule has 0 radical (unpaired) electrons. The second-order valence-corrected chi connectivity index (χ2v) is 85.7. The fraction of sp³-hybridized carbons (Fsp3) is 0.654. The monoisotopic (exact) mass is 2250 g/mol. The van der Waals surface area contributed by atoms with E-state index in [4.69, 9.17) is 90.6 Å². The van der Waals surface area contributed by atoms with Gasteiger partial charge in [0, 0.05) is 87.2 Å². The molecule has 0 amide bonds. The topological polar surface area (TPSA) is 411 Å². The molecule has 13 atom stereocenters. The van der Waals surface area contributed by atoms with E-state index in [1.165, 1.54) is 52.3 Å². The molecule has 6 rings (SSSR count). The van der Waals surface area contributed by atoms with Crippen LogP contribution in [-0.2, 0) is 70.2 Å². The molecule has 0 aliphatic carbocycles. The second-order valence-electron chi connectivity index (χ2n) is 40.9. The van der Waals surface area contributed by atoms with E-state index in [-0.39, 0.29) is 66.1 Å². The SMILES string of the molecule is CCC(C)CC[Si](CC(O)CO)(OC)O[Si](C)(C)c1ccccc1.CCCCCCC[Si](CC(O)CO)(OC)O[Si](C)(C)c1ccccc1.CC[Si](CCCOCC(O)CO)(OC)O[Si](C)(C)c1ccccc1.CO[Si](C)(CCCOCC(O)CO)O[Si](C)(C)c1ccccc1.CO[Si](CCCOCC(O)CO)(CC(C)C)O[Si](C)(C)c1ccccc1.CO[Si](O)(CCCOCC(O)CO)O[Si](C)(C)c1ccccc1. The van der Waals surface area contributed by atoms with Crippen molar-refractivity contribution in [2.45, 2.75) is 294 Å². The molecule has 0 aliphatic heterocycles. The Bertz CT molecular complexity index is 4040. The maximum absolute atomic E-state index is 10.7. The number of aliphatic hydroxyl groups is 12. The highest BCUT2D eigenvalue weighted by atomic mass is 28.5. The molecule has 0 spiro atoms. The standard InChI is InChI=1S/C19H36O5Si2.C19H36O4Si2.C18H34O4Si2.C17H32O5Si2.C16H30O5Si2.C15H28O6Si2/c1-17(2)16-26(22-3,13-9-12-23-15-18(21)14-20)24-25(4,5)19-10-7-6-8-11-19;1-5-6-7-8-12-15-25(22-2,17-18(21)16-20)23-24(3,4)19-13-10-9-11-14-19;1-6-16(2)12-13-24(21-3,15-17(20)14-19)22-23(4,5)18-10-8-7-9-11-18;1-5-24(20-2,13-9-12-21-15-16(19)14-18)22-23(3,4)17-10-7-6-8-11-17;1-19-23(4,12-8-11-20-14-15(18)13-17)21-22(2,3)16-9-6-5-7-10-16;1-19-23(18,11-7-10-20-13-14(17)12-16)21-22(2,3)15-8-5-4-6-9-15/h6-8,10-11,17-18,20-21H,9,12-16H2,1-5H3;9-11,13-14,18,20-21H,5-8,12,15-17H2,1-4H3;7-11,16-17,19-20H,6,12-15H2,1-5H3;6-8,10-11,16,18-19H,5,9,12-15H2,1-4H3;5-7,9-10,15,17-18H,8,11-14H2,1-4H3;4-6,8-9,14,16-18H,7,10-13H2,1-3H3. The zero-order chi connectivity index (χ0) is 109. The van der Waals surface area contributed by atoms with Crippen molar-refractivity contribution in [1.82, 2.24) is 0 Å². The van der Waals surface area contributed by atoms with Crippen molar-refractivity contribution in [3.63, 3.8) is 0 Å². The minimum Gasteiger partial charge on any atom is -0.432 e. The van der Waals surface area contributed by atoms with Gasteiger partial charge in [-0.15, -0.1) is 0 Å². The van der Waals surface area contributed by atoms with Crippen molar-refractivity contribution in [3.05, 3.63) is 182 Å².